The van der Waals surface area contributed by atoms with E-state index in [0.29, 0.717) is 23.4 Å². The highest BCUT2D eigenvalue weighted by Gasteiger charge is 2.31. The van der Waals surface area contributed by atoms with Crippen LogP contribution in [0.1, 0.15) is 52.0 Å². The zero-order chi connectivity index (χ0) is 23.2. The van der Waals surface area contributed by atoms with Gasteiger partial charge in [0.25, 0.3) is 11.8 Å². The van der Waals surface area contributed by atoms with Crippen LogP contribution >= 0.6 is 0 Å². The van der Waals surface area contributed by atoms with Gasteiger partial charge in [-0.15, -0.1) is 0 Å². The molecule has 1 saturated carbocycles. The van der Waals surface area contributed by atoms with Crippen molar-refractivity contribution >= 4 is 17.5 Å². The fourth-order valence-corrected chi connectivity index (χ4v) is 4.31. The van der Waals surface area contributed by atoms with Gasteiger partial charge in [0, 0.05) is 35.4 Å². The molecule has 0 aliphatic heterocycles. The summed E-state index contributed by atoms with van der Waals surface area (Å²) >= 11 is 0. The van der Waals surface area contributed by atoms with Gasteiger partial charge in [0.1, 0.15) is 5.82 Å². The van der Waals surface area contributed by atoms with Gasteiger partial charge in [-0.05, 0) is 66.9 Å². The highest BCUT2D eigenvalue weighted by Crippen LogP contribution is 2.26. The van der Waals surface area contributed by atoms with E-state index in [1.165, 1.54) is 24.3 Å². The number of amides is 2. The number of benzene rings is 3. The average Bonchev–Trinajstić information content (AvgIpc) is 2.84. The van der Waals surface area contributed by atoms with Crippen LogP contribution in [-0.4, -0.2) is 28.8 Å². The van der Waals surface area contributed by atoms with E-state index in [1.54, 1.807) is 0 Å². The molecule has 0 heterocycles. The molecule has 170 valence electrons. The molecule has 0 radical (unpaired) electrons. The van der Waals surface area contributed by atoms with E-state index in [9.17, 15) is 14.0 Å². The summed E-state index contributed by atoms with van der Waals surface area (Å²) in [5, 5.41) is 2.82. The van der Waals surface area contributed by atoms with Crippen LogP contribution in [0.15, 0.2) is 78.9 Å². The van der Waals surface area contributed by atoms with E-state index < -0.39 is 0 Å². The Labute approximate surface area is 193 Å². The maximum atomic E-state index is 13.4. The molecule has 3 aromatic carbocycles. The van der Waals surface area contributed by atoms with E-state index in [1.807, 2.05) is 59.5 Å². The summed E-state index contributed by atoms with van der Waals surface area (Å²) in [6, 6.07) is 22.1. The number of nitrogens with two attached hydrogens (primary N) is 1. The molecule has 33 heavy (non-hydrogen) atoms. The molecule has 1 aliphatic carbocycles. The summed E-state index contributed by atoms with van der Waals surface area (Å²) in [6.45, 7) is 0.443. The van der Waals surface area contributed by atoms with Crippen LogP contribution in [0.4, 0.5) is 10.1 Å². The van der Waals surface area contributed by atoms with Gasteiger partial charge >= 0.3 is 0 Å². The Balaban J connectivity index is 1.49. The molecule has 0 aromatic heterocycles. The van der Waals surface area contributed by atoms with Crippen LogP contribution in [-0.2, 0) is 6.54 Å². The standard InChI is InChI=1S/C27H28FN3O2/c28-22-14-12-20(13-15-22)26(32)30-23-16-10-19(11-17-23)18-31(25-9-5-4-8-24(25)29)27(33)21-6-2-1-3-7-21/h1-3,6-7,10-17,24-25H,4-5,8-9,18,29H2,(H,30,32). The fraction of sp³-hybridized carbons (Fsp3) is 0.259. The monoisotopic (exact) mass is 445 g/mol. The summed E-state index contributed by atoms with van der Waals surface area (Å²) in [5.41, 5.74) is 9.04. The predicted octanol–water partition coefficient (Wildman–Crippen LogP) is 4.99. The molecule has 5 nitrogen and oxygen atoms in total. The Hall–Kier alpha value is -3.51. The molecular formula is C27H28FN3O2. The van der Waals surface area contributed by atoms with Gasteiger partial charge in [-0.25, -0.2) is 4.39 Å². The van der Waals surface area contributed by atoms with Crippen molar-refractivity contribution in [2.45, 2.75) is 44.3 Å². The number of carbonyl (C=O) groups excluding carboxylic acids is 2. The first kappa shape index (κ1) is 22.7. The van der Waals surface area contributed by atoms with Crippen molar-refractivity contribution in [1.82, 2.24) is 4.90 Å². The first-order valence-electron chi connectivity index (χ1n) is 11.3. The predicted molar refractivity (Wildman–Crippen MR) is 127 cm³/mol. The molecule has 1 fully saturated rings. The number of hydrogen-bond donors (Lipinski definition) is 2. The Morgan fingerprint density at radius 2 is 1.55 bits per heavy atom. The quantitative estimate of drug-likeness (QED) is 0.561. The van der Waals surface area contributed by atoms with Gasteiger partial charge in [0.2, 0.25) is 0 Å². The van der Waals surface area contributed by atoms with Crippen molar-refractivity contribution in [3.8, 4) is 0 Å². The number of nitrogens with one attached hydrogen (secondary N) is 1. The maximum Gasteiger partial charge on any atom is 0.255 e. The molecule has 2 amide bonds. The Kier molecular flexibility index (Phi) is 7.15. The number of anilines is 1. The third-order valence-electron chi connectivity index (χ3n) is 6.13. The zero-order valence-corrected chi connectivity index (χ0v) is 18.4. The molecule has 3 aromatic rings. The zero-order valence-electron chi connectivity index (χ0n) is 18.4. The average molecular weight is 446 g/mol. The van der Waals surface area contributed by atoms with Gasteiger partial charge in [0.15, 0.2) is 0 Å². The maximum absolute atomic E-state index is 13.4. The molecule has 2 unspecified atom stereocenters. The lowest BCUT2D eigenvalue weighted by atomic mass is 9.89. The Morgan fingerprint density at radius 3 is 2.21 bits per heavy atom. The van der Waals surface area contributed by atoms with Crippen LogP contribution in [0, 0.1) is 5.82 Å². The van der Waals surface area contributed by atoms with Gasteiger partial charge in [-0.2, -0.15) is 0 Å². The highest BCUT2D eigenvalue weighted by atomic mass is 19.1. The lowest BCUT2D eigenvalue weighted by Gasteiger charge is -2.38. The normalized spacial score (nSPS) is 17.9. The van der Waals surface area contributed by atoms with E-state index in [2.05, 4.69) is 5.32 Å². The highest BCUT2D eigenvalue weighted by molar-refractivity contribution is 6.04. The summed E-state index contributed by atoms with van der Waals surface area (Å²) < 4.78 is 13.1. The van der Waals surface area contributed by atoms with Gasteiger partial charge in [-0.3, -0.25) is 9.59 Å². The van der Waals surface area contributed by atoms with Crippen molar-refractivity contribution in [1.29, 1.82) is 0 Å². The fourth-order valence-electron chi connectivity index (χ4n) is 4.31. The minimum absolute atomic E-state index is 0.00990. The molecule has 1 aliphatic rings. The second kappa shape index (κ2) is 10.4. The van der Waals surface area contributed by atoms with Crippen molar-refractivity contribution < 1.29 is 14.0 Å². The third-order valence-corrected chi connectivity index (χ3v) is 6.13. The molecule has 6 heteroatoms. The number of halogens is 1. The first-order valence-corrected chi connectivity index (χ1v) is 11.3. The molecule has 0 bridgehead atoms. The second-order valence-corrected chi connectivity index (χ2v) is 8.47. The Morgan fingerprint density at radius 1 is 0.879 bits per heavy atom. The number of carbonyl (C=O) groups is 2. The lowest BCUT2D eigenvalue weighted by Crippen LogP contribution is -2.51. The summed E-state index contributed by atoms with van der Waals surface area (Å²) in [6.07, 6.45) is 3.96. The van der Waals surface area contributed by atoms with Crippen molar-refractivity contribution in [3.63, 3.8) is 0 Å². The van der Waals surface area contributed by atoms with Gasteiger partial charge in [-0.1, -0.05) is 43.2 Å². The van der Waals surface area contributed by atoms with E-state index in [4.69, 9.17) is 5.73 Å². The van der Waals surface area contributed by atoms with Crippen LogP contribution in [0.5, 0.6) is 0 Å². The largest absolute Gasteiger partial charge is 0.330 e. The molecule has 0 saturated heterocycles. The first-order chi connectivity index (χ1) is 16.0. The number of nitrogens with zero attached hydrogens (tertiary/aromatic N) is 1. The number of rotatable bonds is 6. The summed E-state index contributed by atoms with van der Waals surface area (Å²) in [4.78, 5) is 27.6. The molecular weight excluding hydrogens is 417 g/mol. The van der Waals surface area contributed by atoms with E-state index >= 15 is 0 Å². The van der Waals surface area contributed by atoms with Crippen molar-refractivity contribution in [2.75, 3.05) is 5.32 Å². The van der Waals surface area contributed by atoms with Gasteiger partial charge < -0.3 is 16.0 Å². The van der Waals surface area contributed by atoms with Crippen LogP contribution in [0.2, 0.25) is 0 Å². The third kappa shape index (κ3) is 5.65. The minimum Gasteiger partial charge on any atom is -0.330 e. The molecule has 3 N–H and O–H groups in total. The molecule has 2 atom stereocenters. The lowest BCUT2D eigenvalue weighted by molar-refractivity contribution is 0.0583. The van der Waals surface area contributed by atoms with E-state index in [0.717, 1.165) is 31.2 Å². The van der Waals surface area contributed by atoms with Gasteiger partial charge in [0.05, 0.1) is 0 Å². The topological polar surface area (TPSA) is 75.4 Å². The summed E-state index contributed by atoms with van der Waals surface area (Å²) in [5.74, 6) is -0.716. The smallest absolute Gasteiger partial charge is 0.255 e. The second-order valence-electron chi connectivity index (χ2n) is 8.47. The SMILES string of the molecule is NC1CCCCC1N(Cc1ccc(NC(=O)c2ccc(F)cc2)cc1)C(=O)c1ccccc1. The van der Waals surface area contributed by atoms with Crippen LogP contribution < -0.4 is 11.1 Å². The molecule has 4 rings (SSSR count). The van der Waals surface area contributed by atoms with Crippen LogP contribution in [0.25, 0.3) is 0 Å². The van der Waals surface area contributed by atoms with E-state index in [-0.39, 0.29) is 29.7 Å². The van der Waals surface area contributed by atoms with Crippen LogP contribution in [0.3, 0.4) is 0 Å². The summed E-state index contributed by atoms with van der Waals surface area (Å²) in [7, 11) is 0. The molecule has 0 spiro atoms. The van der Waals surface area contributed by atoms with Crippen molar-refractivity contribution in [3.05, 3.63) is 101 Å². The number of hydrogen-bond acceptors (Lipinski definition) is 3. The Bertz CT molecular complexity index is 1080. The minimum atomic E-state index is -0.386. The van der Waals surface area contributed by atoms with Crippen molar-refractivity contribution in [2.24, 2.45) is 5.73 Å².